The number of carbonyl (C=O) groups excluding carboxylic acids is 1. The zero-order valence-electron chi connectivity index (χ0n) is 13.8. The van der Waals surface area contributed by atoms with Gasteiger partial charge in [-0.25, -0.2) is 13.2 Å². The van der Waals surface area contributed by atoms with E-state index < -0.39 is 31.5 Å². The molecular formula is C16H16N2O6S. The van der Waals surface area contributed by atoms with Gasteiger partial charge in [0.2, 0.25) is 0 Å². The van der Waals surface area contributed by atoms with Crippen molar-refractivity contribution in [1.82, 2.24) is 0 Å². The molecule has 0 radical (unpaired) electrons. The van der Waals surface area contributed by atoms with Crippen LogP contribution in [0.15, 0.2) is 41.3 Å². The number of methoxy groups -OCH3 is 1. The van der Waals surface area contributed by atoms with Crippen LogP contribution in [0.5, 0.6) is 0 Å². The Morgan fingerprint density at radius 2 is 1.88 bits per heavy atom. The van der Waals surface area contributed by atoms with Crippen molar-refractivity contribution in [2.24, 2.45) is 0 Å². The SMILES string of the molecule is COC(=O)c1ccc(S(=O)(=O)Nc2cccc(C)c2C)c([N+](=O)[O-])c1. The highest BCUT2D eigenvalue weighted by molar-refractivity contribution is 7.92. The molecule has 0 aliphatic heterocycles. The first-order valence-electron chi connectivity index (χ1n) is 7.13. The normalized spacial score (nSPS) is 11.0. The van der Waals surface area contributed by atoms with Crippen LogP contribution in [0, 0.1) is 24.0 Å². The van der Waals surface area contributed by atoms with Crippen LogP contribution in [0.2, 0.25) is 0 Å². The van der Waals surface area contributed by atoms with E-state index in [9.17, 15) is 23.3 Å². The number of ether oxygens (including phenoxy) is 1. The Morgan fingerprint density at radius 1 is 1.20 bits per heavy atom. The van der Waals surface area contributed by atoms with Gasteiger partial charge in [-0.15, -0.1) is 0 Å². The number of benzene rings is 2. The van der Waals surface area contributed by atoms with Crippen molar-refractivity contribution >= 4 is 27.4 Å². The van der Waals surface area contributed by atoms with Crippen LogP contribution in [-0.4, -0.2) is 26.4 Å². The minimum atomic E-state index is -4.22. The number of rotatable bonds is 5. The van der Waals surface area contributed by atoms with Crippen LogP contribution >= 0.6 is 0 Å². The lowest BCUT2D eigenvalue weighted by atomic mass is 10.1. The van der Waals surface area contributed by atoms with Gasteiger partial charge in [0.1, 0.15) is 0 Å². The molecule has 0 bridgehead atoms. The maximum absolute atomic E-state index is 12.6. The number of nitrogens with one attached hydrogen (secondary N) is 1. The lowest BCUT2D eigenvalue weighted by Gasteiger charge is -2.12. The molecule has 2 aromatic carbocycles. The van der Waals surface area contributed by atoms with E-state index in [4.69, 9.17) is 0 Å². The van der Waals surface area contributed by atoms with Gasteiger partial charge in [-0.3, -0.25) is 14.8 Å². The maximum Gasteiger partial charge on any atom is 0.338 e. The molecule has 2 aromatic rings. The number of esters is 1. The molecule has 0 saturated carbocycles. The zero-order chi connectivity index (χ0) is 18.8. The lowest BCUT2D eigenvalue weighted by Crippen LogP contribution is -2.16. The molecule has 0 atom stereocenters. The molecule has 0 aliphatic carbocycles. The molecule has 1 N–H and O–H groups in total. The van der Waals surface area contributed by atoms with Crippen molar-refractivity contribution in [2.45, 2.75) is 18.7 Å². The molecule has 0 spiro atoms. The van der Waals surface area contributed by atoms with Crippen molar-refractivity contribution in [3.05, 3.63) is 63.2 Å². The number of hydrogen-bond donors (Lipinski definition) is 1. The Kier molecular flexibility index (Phi) is 5.07. The highest BCUT2D eigenvalue weighted by Crippen LogP contribution is 2.28. The fourth-order valence-electron chi connectivity index (χ4n) is 2.19. The molecule has 2 rings (SSSR count). The quantitative estimate of drug-likeness (QED) is 0.495. The van der Waals surface area contributed by atoms with Gasteiger partial charge in [-0.2, -0.15) is 0 Å². The van der Waals surface area contributed by atoms with E-state index in [-0.39, 0.29) is 5.56 Å². The molecule has 0 unspecified atom stereocenters. The van der Waals surface area contributed by atoms with Crippen molar-refractivity contribution in [3.63, 3.8) is 0 Å². The van der Waals surface area contributed by atoms with Gasteiger partial charge in [0, 0.05) is 6.07 Å². The molecule has 8 nitrogen and oxygen atoms in total. The summed E-state index contributed by atoms with van der Waals surface area (Å²) in [6.07, 6.45) is 0. The van der Waals surface area contributed by atoms with E-state index >= 15 is 0 Å². The minimum Gasteiger partial charge on any atom is -0.465 e. The molecule has 9 heteroatoms. The van der Waals surface area contributed by atoms with Crippen molar-refractivity contribution in [3.8, 4) is 0 Å². The molecule has 0 aliphatic rings. The molecule has 0 fully saturated rings. The molecule has 0 amide bonds. The molecule has 0 aromatic heterocycles. The number of nitro groups is 1. The van der Waals surface area contributed by atoms with Gasteiger partial charge >= 0.3 is 5.97 Å². The van der Waals surface area contributed by atoms with Crippen LogP contribution in [-0.2, 0) is 14.8 Å². The second kappa shape index (κ2) is 6.89. The Morgan fingerprint density at radius 3 is 2.48 bits per heavy atom. The van der Waals surface area contributed by atoms with Crippen molar-refractivity contribution < 1.29 is 22.9 Å². The van der Waals surface area contributed by atoms with Crippen LogP contribution in [0.1, 0.15) is 21.5 Å². The fraction of sp³-hybridized carbons (Fsp3) is 0.188. The van der Waals surface area contributed by atoms with E-state index in [0.717, 1.165) is 30.9 Å². The van der Waals surface area contributed by atoms with Gasteiger partial charge in [-0.05, 0) is 43.2 Å². The first-order chi connectivity index (χ1) is 11.7. The van der Waals surface area contributed by atoms with Crippen molar-refractivity contribution in [1.29, 1.82) is 0 Å². The Labute approximate surface area is 144 Å². The monoisotopic (exact) mass is 364 g/mol. The predicted octanol–water partition coefficient (Wildman–Crippen LogP) is 2.80. The maximum atomic E-state index is 12.6. The number of hydrogen-bond acceptors (Lipinski definition) is 6. The van der Waals surface area contributed by atoms with Gasteiger partial charge in [0.25, 0.3) is 15.7 Å². The summed E-state index contributed by atoms with van der Waals surface area (Å²) < 4.78 is 32.1. The molecular weight excluding hydrogens is 348 g/mol. The second-order valence-electron chi connectivity index (χ2n) is 5.28. The molecule has 0 saturated heterocycles. The van der Waals surface area contributed by atoms with Gasteiger partial charge < -0.3 is 4.74 Å². The zero-order valence-corrected chi connectivity index (χ0v) is 14.6. The number of carbonyl (C=O) groups is 1. The standard InChI is InChI=1S/C16H16N2O6S/c1-10-5-4-6-13(11(10)2)17-25(22,23)15-8-7-12(16(19)24-3)9-14(15)18(20)21/h4-9,17H,1-3H3. The third kappa shape index (κ3) is 3.77. The summed E-state index contributed by atoms with van der Waals surface area (Å²) in [6, 6.07) is 8.11. The summed E-state index contributed by atoms with van der Waals surface area (Å²) in [5.41, 5.74) is 1.09. The number of nitrogens with zero attached hydrogens (tertiary/aromatic N) is 1. The summed E-state index contributed by atoms with van der Waals surface area (Å²) in [5.74, 6) is -0.797. The first kappa shape index (κ1) is 18.4. The smallest absolute Gasteiger partial charge is 0.338 e. The Bertz CT molecular complexity index is 953. The van der Waals surface area contributed by atoms with Crippen LogP contribution in [0.25, 0.3) is 0 Å². The summed E-state index contributed by atoms with van der Waals surface area (Å²) in [5, 5.41) is 11.3. The van der Waals surface area contributed by atoms with E-state index in [1.165, 1.54) is 0 Å². The number of sulfonamides is 1. The predicted molar refractivity (Wildman–Crippen MR) is 91.2 cm³/mol. The van der Waals surface area contributed by atoms with Gasteiger partial charge in [0.15, 0.2) is 4.90 Å². The third-order valence-electron chi connectivity index (χ3n) is 3.72. The molecule has 0 heterocycles. The summed E-state index contributed by atoms with van der Waals surface area (Å²) >= 11 is 0. The Hall–Kier alpha value is -2.94. The molecule has 132 valence electrons. The first-order valence-corrected chi connectivity index (χ1v) is 8.61. The largest absolute Gasteiger partial charge is 0.465 e. The highest BCUT2D eigenvalue weighted by atomic mass is 32.2. The lowest BCUT2D eigenvalue weighted by molar-refractivity contribution is -0.387. The minimum absolute atomic E-state index is 0.111. The number of anilines is 1. The number of nitro benzene ring substituents is 1. The highest BCUT2D eigenvalue weighted by Gasteiger charge is 2.28. The van der Waals surface area contributed by atoms with Crippen LogP contribution in [0.4, 0.5) is 11.4 Å². The average molecular weight is 364 g/mol. The van der Waals surface area contributed by atoms with E-state index in [1.807, 2.05) is 13.0 Å². The summed E-state index contributed by atoms with van der Waals surface area (Å²) in [4.78, 5) is 21.4. The topological polar surface area (TPSA) is 116 Å². The van der Waals surface area contributed by atoms with Gasteiger partial charge in [-0.1, -0.05) is 12.1 Å². The number of aryl methyl sites for hydroxylation is 1. The van der Waals surface area contributed by atoms with E-state index in [1.54, 1.807) is 19.1 Å². The Balaban J connectivity index is 2.53. The summed E-state index contributed by atoms with van der Waals surface area (Å²) in [7, 11) is -3.10. The van der Waals surface area contributed by atoms with Crippen LogP contribution in [0.3, 0.4) is 0 Å². The van der Waals surface area contributed by atoms with Crippen molar-refractivity contribution in [2.75, 3.05) is 11.8 Å². The second-order valence-corrected chi connectivity index (χ2v) is 6.93. The molecule has 25 heavy (non-hydrogen) atoms. The fourth-order valence-corrected chi connectivity index (χ4v) is 3.47. The van der Waals surface area contributed by atoms with Crippen LogP contribution < -0.4 is 4.72 Å². The van der Waals surface area contributed by atoms with E-state index in [2.05, 4.69) is 9.46 Å². The third-order valence-corrected chi connectivity index (χ3v) is 5.13. The van der Waals surface area contributed by atoms with Gasteiger partial charge in [0.05, 0.1) is 23.3 Å². The average Bonchev–Trinajstić information content (AvgIpc) is 2.57. The summed E-state index contributed by atoms with van der Waals surface area (Å²) in [6.45, 7) is 3.56. The van der Waals surface area contributed by atoms with E-state index in [0.29, 0.717) is 11.3 Å².